The van der Waals surface area contributed by atoms with E-state index in [1.54, 1.807) is 18.3 Å². The molecule has 0 amide bonds. The number of nitrogens with two attached hydrogens (primary N) is 1. The Hall–Kier alpha value is -0.850. The molecule has 6 heteroatoms. The first-order chi connectivity index (χ1) is 7.58. The number of rotatable bonds is 3. The van der Waals surface area contributed by atoms with E-state index in [9.17, 15) is 8.42 Å². The topological polar surface area (TPSA) is 88.0 Å². The van der Waals surface area contributed by atoms with Crippen LogP contribution in [0.15, 0.2) is 23.4 Å². The van der Waals surface area contributed by atoms with E-state index in [2.05, 4.69) is 9.71 Å². The van der Waals surface area contributed by atoms with Gasteiger partial charge in [-0.05, 0) is 37.8 Å². The maximum Gasteiger partial charge on any atom is 0.256 e. The second kappa shape index (κ2) is 4.57. The van der Waals surface area contributed by atoms with Gasteiger partial charge in [0.15, 0.2) is 0 Å². The molecule has 1 fully saturated rings. The average molecular weight is 243 g/mol. The van der Waals surface area contributed by atoms with Gasteiger partial charge in [-0.3, -0.25) is 0 Å². The monoisotopic (exact) mass is 243 g/mol. The molecule has 2 rings (SSSR count). The Morgan fingerprint density at radius 1 is 1.31 bits per heavy atom. The van der Waals surface area contributed by atoms with Gasteiger partial charge >= 0.3 is 0 Å². The summed E-state index contributed by atoms with van der Waals surface area (Å²) in [7, 11) is -3.38. The standard InChI is InChI=1S/C10H17N3O2S/c11-8-3-5-9(6-4-8)13-16(14,15)10-2-1-7-12-10/h1-2,7-9,12-13H,3-6,11H2. The van der Waals surface area contributed by atoms with Crippen molar-refractivity contribution in [2.75, 3.05) is 0 Å². The predicted octanol–water partition coefficient (Wildman–Crippen LogP) is 0.563. The first-order valence-electron chi connectivity index (χ1n) is 5.49. The molecule has 0 atom stereocenters. The summed E-state index contributed by atoms with van der Waals surface area (Å²) in [5.41, 5.74) is 5.77. The molecule has 1 aliphatic carbocycles. The minimum atomic E-state index is -3.38. The van der Waals surface area contributed by atoms with Gasteiger partial charge in [0.25, 0.3) is 10.0 Å². The summed E-state index contributed by atoms with van der Waals surface area (Å²) in [5, 5.41) is 0.224. The molecular formula is C10H17N3O2S. The molecule has 0 radical (unpaired) electrons. The van der Waals surface area contributed by atoms with Gasteiger partial charge in [0.2, 0.25) is 0 Å². The van der Waals surface area contributed by atoms with Gasteiger partial charge in [-0.2, -0.15) is 0 Å². The van der Waals surface area contributed by atoms with Crippen LogP contribution >= 0.6 is 0 Å². The third-order valence-corrected chi connectivity index (χ3v) is 4.43. The smallest absolute Gasteiger partial charge is 0.256 e. The third kappa shape index (κ3) is 2.63. The van der Waals surface area contributed by atoms with Gasteiger partial charge < -0.3 is 10.7 Å². The number of sulfonamides is 1. The third-order valence-electron chi connectivity index (χ3n) is 2.95. The van der Waals surface area contributed by atoms with Crippen molar-refractivity contribution in [3.05, 3.63) is 18.3 Å². The summed E-state index contributed by atoms with van der Waals surface area (Å²) in [5.74, 6) is 0. The fourth-order valence-corrected chi connectivity index (χ4v) is 3.28. The summed E-state index contributed by atoms with van der Waals surface area (Å²) in [6, 6.07) is 3.47. The molecule has 0 aliphatic heterocycles. The zero-order valence-corrected chi connectivity index (χ0v) is 9.83. The summed E-state index contributed by atoms with van der Waals surface area (Å²) >= 11 is 0. The molecule has 1 heterocycles. The van der Waals surface area contributed by atoms with E-state index >= 15 is 0 Å². The second-order valence-electron chi connectivity index (χ2n) is 4.27. The van der Waals surface area contributed by atoms with Crippen molar-refractivity contribution < 1.29 is 8.42 Å². The van der Waals surface area contributed by atoms with Crippen LogP contribution in [0.3, 0.4) is 0 Å². The largest absolute Gasteiger partial charge is 0.351 e. The van der Waals surface area contributed by atoms with Crippen LogP contribution in [0.4, 0.5) is 0 Å². The Balaban J connectivity index is 2.00. The number of H-pyrrole nitrogens is 1. The minimum absolute atomic E-state index is 0.0214. The molecule has 1 saturated carbocycles. The van der Waals surface area contributed by atoms with E-state index in [0.29, 0.717) is 0 Å². The summed E-state index contributed by atoms with van der Waals surface area (Å²) in [4.78, 5) is 2.70. The molecule has 1 aromatic heterocycles. The fraction of sp³-hybridized carbons (Fsp3) is 0.600. The lowest BCUT2D eigenvalue weighted by molar-refractivity contribution is 0.373. The first kappa shape index (κ1) is 11.6. The molecule has 0 bridgehead atoms. The van der Waals surface area contributed by atoms with Gasteiger partial charge in [0, 0.05) is 18.3 Å². The molecular weight excluding hydrogens is 226 g/mol. The quantitative estimate of drug-likeness (QED) is 0.725. The van der Waals surface area contributed by atoms with Crippen LogP contribution in [-0.2, 0) is 10.0 Å². The number of aromatic nitrogens is 1. The Morgan fingerprint density at radius 3 is 2.56 bits per heavy atom. The number of nitrogens with one attached hydrogen (secondary N) is 2. The lowest BCUT2D eigenvalue weighted by Gasteiger charge is -2.26. The highest BCUT2D eigenvalue weighted by atomic mass is 32.2. The van der Waals surface area contributed by atoms with Crippen molar-refractivity contribution >= 4 is 10.0 Å². The normalized spacial score (nSPS) is 26.8. The summed E-state index contributed by atoms with van der Waals surface area (Å²) in [6.07, 6.45) is 5.02. The van der Waals surface area contributed by atoms with Crippen LogP contribution in [0.25, 0.3) is 0 Å². The number of hydrogen-bond donors (Lipinski definition) is 3. The van der Waals surface area contributed by atoms with Crippen LogP contribution < -0.4 is 10.5 Å². The van der Waals surface area contributed by atoms with Gasteiger partial charge in [-0.15, -0.1) is 0 Å². The Bertz CT molecular complexity index is 419. The van der Waals surface area contributed by atoms with Crippen LogP contribution in [-0.4, -0.2) is 25.5 Å². The minimum Gasteiger partial charge on any atom is -0.351 e. The Morgan fingerprint density at radius 2 is 2.00 bits per heavy atom. The fourth-order valence-electron chi connectivity index (χ4n) is 2.00. The first-order valence-corrected chi connectivity index (χ1v) is 6.97. The van der Waals surface area contributed by atoms with Crippen LogP contribution in [0.2, 0.25) is 0 Å². The van der Waals surface area contributed by atoms with E-state index in [1.807, 2.05) is 0 Å². The highest BCUT2D eigenvalue weighted by Crippen LogP contribution is 2.18. The molecule has 16 heavy (non-hydrogen) atoms. The highest BCUT2D eigenvalue weighted by Gasteiger charge is 2.24. The zero-order valence-electron chi connectivity index (χ0n) is 9.02. The van der Waals surface area contributed by atoms with Crippen molar-refractivity contribution in [2.24, 2.45) is 5.73 Å². The maximum atomic E-state index is 11.9. The van der Waals surface area contributed by atoms with Gasteiger partial charge in [0.1, 0.15) is 5.03 Å². The SMILES string of the molecule is NC1CCC(NS(=O)(=O)c2ccc[nH]2)CC1. The molecule has 1 aliphatic rings. The van der Waals surface area contributed by atoms with E-state index in [0.717, 1.165) is 25.7 Å². The van der Waals surface area contributed by atoms with Crippen LogP contribution in [0.1, 0.15) is 25.7 Å². The molecule has 5 nitrogen and oxygen atoms in total. The lowest BCUT2D eigenvalue weighted by Crippen LogP contribution is -2.40. The van der Waals surface area contributed by atoms with Gasteiger partial charge in [-0.25, -0.2) is 13.1 Å². The van der Waals surface area contributed by atoms with Crippen molar-refractivity contribution in [1.29, 1.82) is 0 Å². The van der Waals surface area contributed by atoms with Crippen molar-refractivity contribution in [1.82, 2.24) is 9.71 Å². The molecule has 90 valence electrons. The Labute approximate surface area is 95.5 Å². The van der Waals surface area contributed by atoms with E-state index < -0.39 is 10.0 Å². The van der Waals surface area contributed by atoms with Gasteiger partial charge in [-0.1, -0.05) is 0 Å². The number of aromatic amines is 1. The second-order valence-corrected chi connectivity index (χ2v) is 5.95. The predicted molar refractivity (Wildman–Crippen MR) is 61.3 cm³/mol. The van der Waals surface area contributed by atoms with Crippen LogP contribution in [0.5, 0.6) is 0 Å². The molecule has 0 unspecified atom stereocenters. The van der Waals surface area contributed by atoms with Gasteiger partial charge in [0.05, 0.1) is 0 Å². The van der Waals surface area contributed by atoms with Crippen molar-refractivity contribution in [3.8, 4) is 0 Å². The van der Waals surface area contributed by atoms with E-state index in [1.165, 1.54) is 0 Å². The van der Waals surface area contributed by atoms with Crippen LogP contribution in [0, 0.1) is 0 Å². The molecule has 0 aromatic carbocycles. The summed E-state index contributed by atoms with van der Waals surface area (Å²) in [6.45, 7) is 0. The molecule has 0 saturated heterocycles. The highest BCUT2D eigenvalue weighted by molar-refractivity contribution is 7.89. The molecule has 4 N–H and O–H groups in total. The maximum absolute atomic E-state index is 11.9. The van der Waals surface area contributed by atoms with E-state index in [-0.39, 0.29) is 17.1 Å². The van der Waals surface area contributed by atoms with Crippen molar-refractivity contribution in [2.45, 2.75) is 42.8 Å². The van der Waals surface area contributed by atoms with E-state index in [4.69, 9.17) is 5.73 Å². The Kier molecular flexibility index (Phi) is 3.32. The zero-order chi connectivity index (χ0) is 11.6. The van der Waals surface area contributed by atoms with Crippen molar-refractivity contribution in [3.63, 3.8) is 0 Å². The lowest BCUT2D eigenvalue weighted by atomic mass is 9.93. The molecule has 0 spiro atoms. The number of hydrogen-bond acceptors (Lipinski definition) is 3. The molecule has 1 aromatic rings. The summed E-state index contributed by atoms with van der Waals surface area (Å²) < 4.78 is 26.4. The average Bonchev–Trinajstić information content (AvgIpc) is 2.75.